The molecule has 2 aromatic rings. The third kappa shape index (κ3) is 6.16. The first-order valence-corrected chi connectivity index (χ1v) is 11.7. The van der Waals surface area contributed by atoms with Gasteiger partial charge in [-0.1, -0.05) is 17.7 Å². The number of benzene rings is 1. The standard InChI is InChI=1S/C24H23ClF6N2O5/c1-21(2)35-11-18(37-21)17-7-4-12(10-32-17)33-20(34)19-15(9-22(3,38-19)23(26,27)28)14-6-5-13(8-16(14)25)36-24(29,30)31/h4-8,10,15,18-19H,9,11H2,1-3H3,(H,33,34)/t15-,18-,19+,22-/m0/s1. The molecule has 2 aliphatic rings. The van der Waals surface area contributed by atoms with Crippen LogP contribution in [0.15, 0.2) is 36.5 Å². The number of anilines is 1. The largest absolute Gasteiger partial charge is 0.573 e. The molecule has 2 aliphatic heterocycles. The first kappa shape index (κ1) is 28.4. The lowest BCUT2D eigenvalue weighted by atomic mass is 9.86. The van der Waals surface area contributed by atoms with Crippen LogP contribution in [-0.2, 0) is 19.0 Å². The van der Waals surface area contributed by atoms with Gasteiger partial charge in [0, 0.05) is 10.9 Å². The Morgan fingerprint density at radius 1 is 1.11 bits per heavy atom. The molecule has 1 amide bonds. The molecule has 38 heavy (non-hydrogen) atoms. The van der Waals surface area contributed by atoms with Crippen LogP contribution in [0.3, 0.4) is 0 Å². The zero-order chi connectivity index (χ0) is 28.1. The summed E-state index contributed by atoms with van der Waals surface area (Å²) in [4.78, 5) is 17.3. The molecule has 1 N–H and O–H groups in total. The summed E-state index contributed by atoms with van der Waals surface area (Å²) in [5.41, 5.74) is -2.00. The Kier molecular flexibility index (Phi) is 7.36. The van der Waals surface area contributed by atoms with Gasteiger partial charge in [-0.05, 0) is 57.0 Å². The summed E-state index contributed by atoms with van der Waals surface area (Å²) in [5, 5.41) is 2.18. The number of nitrogens with zero attached hydrogens (tertiary/aromatic N) is 1. The summed E-state index contributed by atoms with van der Waals surface area (Å²) in [6, 6.07) is 5.89. The number of ether oxygens (including phenoxy) is 4. The molecule has 0 aliphatic carbocycles. The number of hydrogen-bond acceptors (Lipinski definition) is 6. The van der Waals surface area contributed by atoms with Crippen LogP contribution in [-0.4, -0.2) is 47.5 Å². The fourth-order valence-electron chi connectivity index (χ4n) is 4.35. The number of aromatic nitrogens is 1. The molecule has 0 spiro atoms. The van der Waals surface area contributed by atoms with Crippen LogP contribution in [0.5, 0.6) is 5.75 Å². The SMILES string of the molecule is CC1(C)OC[C@@H](c2ccc(NC(=O)[C@@H]3O[C@](C)(C(F)(F)F)C[C@H]3c3ccc(OC(F)(F)F)cc3Cl)cn2)O1. The second-order valence-electron chi connectivity index (χ2n) is 9.59. The molecule has 0 saturated carbocycles. The number of nitrogens with one attached hydrogen (secondary N) is 1. The van der Waals surface area contributed by atoms with Crippen molar-refractivity contribution >= 4 is 23.2 Å². The Bertz CT molecular complexity index is 1190. The topological polar surface area (TPSA) is 78.9 Å². The molecule has 0 unspecified atom stereocenters. The van der Waals surface area contributed by atoms with E-state index in [1.165, 1.54) is 12.3 Å². The number of pyridine rings is 1. The Balaban J connectivity index is 1.56. The number of amides is 1. The number of halogens is 7. The van der Waals surface area contributed by atoms with Crippen LogP contribution < -0.4 is 10.1 Å². The molecular weight excluding hydrogens is 546 g/mol. The lowest BCUT2D eigenvalue weighted by molar-refractivity contribution is -0.274. The zero-order valence-electron chi connectivity index (χ0n) is 20.2. The Morgan fingerprint density at radius 2 is 1.82 bits per heavy atom. The third-order valence-electron chi connectivity index (χ3n) is 6.22. The Morgan fingerprint density at radius 3 is 2.34 bits per heavy atom. The highest BCUT2D eigenvalue weighted by Gasteiger charge is 2.61. The predicted molar refractivity (Wildman–Crippen MR) is 122 cm³/mol. The highest BCUT2D eigenvalue weighted by Crippen LogP contribution is 2.51. The molecule has 0 bridgehead atoms. The van der Waals surface area contributed by atoms with Crippen molar-refractivity contribution in [3.63, 3.8) is 0 Å². The van der Waals surface area contributed by atoms with Gasteiger partial charge in [0.1, 0.15) is 18.0 Å². The van der Waals surface area contributed by atoms with Crippen LogP contribution >= 0.6 is 11.6 Å². The third-order valence-corrected chi connectivity index (χ3v) is 6.54. The normalized spacial score (nSPS) is 27.4. The van der Waals surface area contributed by atoms with Gasteiger partial charge in [-0.2, -0.15) is 13.2 Å². The van der Waals surface area contributed by atoms with Crippen molar-refractivity contribution in [2.24, 2.45) is 0 Å². The second kappa shape index (κ2) is 9.85. The molecule has 4 rings (SSSR count). The van der Waals surface area contributed by atoms with Gasteiger partial charge in [0.15, 0.2) is 11.4 Å². The van der Waals surface area contributed by atoms with E-state index < -0.39 is 60.1 Å². The molecular formula is C24H23ClF6N2O5. The van der Waals surface area contributed by atoms with Crippen LogP contribution in [0, 0.1) is 0 Å². The maximum absolute atomic E-state index is 13.8. The fourth-order valence-corrected chi connectivity index (χ4v) is 4.66. The van der Waals surface area contributed by atoms with Crippen molar-refractivity contribution in [3.05, 3.63) is 52.8 Å². The summed E-state index contributed by atoms with van der Waals surface area (Å²) >= 11 is 6.13. The van der Waals surface area contributed by atoms with Crippen molar-refractivity contribution in [3.8, 4) is 5.75 Å². The first-order valence-electron chi connectivity index (χ1n) is 11.3. The first-order chi connectivity index (χ1) is 17.5. The van der Waals surface area contributed by atoms with Crippen LogP contribution in [0.4, 0.5) is 32.0 Å². The number of hydrogen-bond donors (Lipinski definition) is 1. The molecule has 0 radical (unpaired) electrons. The zero-order valence-corrected chi connectivity index (χ0v) is 21.0. The average Bonchev–Trinajstić information content (AvgIpc) is 3.33. The molecule has 3 heterocycles. The van der Waals surface area contributed by atoms with E-state index in [4.69, 9.17) is 25.8 Å². The molecule has 4 atom stereocenters. The van der Waals surface area contributed by atoms with E-state index in [9.17, 15) is 31.1 Å². The van der Waals surface area contributed by atoms with Crippen LogP contribution in [0.1, 0.15) is 50.5 Å². The molecule has 1 aromatic carbocycles. The van der Waals surface area contributed by atoms with E-state index in [0.29, 0.717) is 5.69 Å². The monoisotopic (exact) mass is 568 g/mol. The minimum Gasteiger partial charge on any atom is -0.406 e. The lowest BCUT2D eigenvalue weighted by Gasteiger charge is -2.27. The molecule has 2 saturated heterocycles. The average molecular weight is 569 g/mol. The van der Waals surface area contributed by atoms with Crippen molar-refractivity contribution in [1.29, 1.82) is 0 Å². The van der Waals surface area contributed by atoms with Gasteiger partial charge in [0.2, 0.25) is 0 Å². The maximum atomic E-state index is 13.8. The fraction of sp³-hybridized carbons (Fsp3) is 0.500. The van der Waals surface area contributed by atoms with Gasteiger partial charge in [-0.25, -0.2) is 0 Å². The van der Waals surface area contributed by atoms with Crippen molar-refractivity contribution in [2.75, 3.05) is 11.9 Å². The Hall–Kier alpha value is -2.61. The van der Waals surface area contributed by atoms with E-state index in [-0.39, 0.29) is 22.9 Å². The summed E-state index contributed by atoms with van der Waals surface area (Å²) in [6.07, 6.45) is -11.3. The van der Waals surface area contributed by atoms with E-state index >= 15 is 0 Å². The number of carbonyl (C=O) groups excluding carboxylic acids is 1. The molecule has 208 valence electrons. The molecule has 14 heteroatoms. The molecule has 7 nitrogen and oxygen atoms in total. The summed E-state index contributed by atoms with van der Waals surface area (Å²) in [6.45, 7) is 4.56. The quantitative estimate of drug-likeness (QED) is 0.427. The van der Waals surface area contributed by atoms with Gasteiger partial charge in [0.25, 0.3) is 5.91 Å². The predicted octanol–water partition coefficient (Wildman–Crippen LogP) is 6.29. The van der Waals surface area contributed by atoms with Gasteiger partial charge in [-0.15, -0.1) is 13.2 Å². The second-order valence-corrected chi connectivity index (χ2v) is 9.99. The molecule has 2 fully saturated rings. The smallest absolute Gasteiger partial charge is 0.406 e. The lowest BCUT2D eigenvalue weighted by Crippen LogP contribution is -2.43. The van der Waals surface area contributed by atoms with Gasteiger partial charge in [0.05, 0.1) is 24.2 Å². The van der Waals surface area contributed by atoms with Crippen molar-refractivity contribution in [1.82, 2.24) is 4.98 Å². The summed E-state index contributed by atoms with van der Waals surface area (Å²) in [7, 11) is 0. The van der Waals surface area contributed by atoms with Gasteiger partial charge < -0.3 is 24.3 Å². The van der Waals surface area contributed by atoms with Gasteiger partial charge >= 0.3 is 12.5 Å². The van der Waals surface area contributed by atoms with E-state index in [2.05, 4.69) is 15.0 Å². The highest BCUT2D eigenvalue weighted by molar-refractivity contribution is 6.31. The highest BCUT2D eigenvalue weighted by atomic mass is 35.5. The number of rotatable bonds is 5. The summed E-state index contributed by atoms with van der Waals surface area (Å²) in [5.74, 6) is -3.58. The van der Waals surface area contributed by atoms with Crippen molar-refractivity contribution in [2.45, 2.75) is 69.2 Å². The van der Waals surface area contributed by atoms with Crippen molar-refractivity contribution < 1.29 is 50.1 Å². The number of alkyl halides is 6. The van der Waals surface area contributed by atoms with E-state index in [0.717, 1.165) is 25.1 Å². The van der Waals surface area contributed by atoms with Crippen LogP contribution in [0.2, 0.25) is 5.02 Å². The minimum absolute atomic E-state index is 0.00351. The van der Waals surface area contributed by atoms with E-state index in [1.54, 1.807) is 19.9 Å². The minimum atomic E-state index is -4.99. The van der Waals surface area contributed by atoms with Crippen LogP contribution in [0.25, 0.3) is 0 Å². The molecule has 1 aromatic heterocycles. The summed E-state index contributed by atoms with van der Waals surface area (Å²) < 4.78 is 99.4. The maximum Gasteiger partial charge on any atom is 0.573 e. The van der Waals surface area contributed by atoms with E-state index in [1.807, 2.05) is 0 Å². The number of carbonyl (C=O) groups is 1. The Labute approximate surface area is 218 Å². The van der Waals surface area contributed by atoms with Gasteiger partial charge in [-0.3, -0.25) is 9.78 Å².